The van der Waals surface area contributed by atoms with Crippen LogP contribution in [0, 0.1) is 0 Å². The molecule has 7 heteroatoms. The average molecular weight is 406 g/mol. The van der Waals surface area contributed by atoms with Gasteiger partial charge in [0.15, 0.2) is 17.5 Å². The quantitative estimate of drug-likeness (QED) is 0.499. The average Bonchev–Trinajstić information content (AvgIpc) is 2.74. The predicted molar refractivity (Wildman–Crippen MR) is 120 cm³/mol. The number of benzene rings is 1. The van der Waals surface area contributed by atoms with Crippen molar-refractivity contribution in [1.29, 1.82) is 0 Å². The van der Waals surface area contributed by atoms with Gasteiger partial charge < -0.3 is 24.6 Å². The highest BCUT2D eigenvalue weighted by molar-refractivity contribution is 5.79. The second-order valence-corrected chi connectivity index (χ2v) is 7.74. The molecule has 0 amide bonds. The van der Waals surface area contributed by atoms with E-state index in [4.69, 9.17) is 14.5 Å². The molecule has 1 saturated heterocycles. The molecule has 7 nitrogen and oxygen atoms in total. The molecule has 1 aliphatic heterocycles. The highest BCUT2D eigenvalue weighted by Crippen LogP contribution is 2.27. The molecule has 0 radical (unpaired) electrons. The van der Waals surface area contributed by atoms with Crippen molar-refractivity contribution in [1.82, 2.24) is 20.0 Å². The third kappa shape index (κ3) is 7.08. The summed E-state index contributed by atoms with van der Waals surface area (Å²) < 4.78 is 10.7. The van der Waals surface area contributed by atoms with Crippen molar-refractivity contribution in [2.24, 2.45) is 4.99 Å². The largest absolute Gasteiger partial charge is 0.493 e. The summed E-state index contributed by atoms with van der Waals surface area (Å²) in [5, 5.41) is 3.43. The van der Waals surface area contributed by atoms with E-state index in [-0.39, 0.29) is 0 Å². The van der Waals surface area contributed by atoms with Crippen LogP contribution in [0.5, 0.6) is 11.5 Å². The lowest BCUT2D eigenvalue weighted by molar-refractivity contribution is 0.122. The summed E-state index contributed by atoms with van der Waals surface area (Å²) in [6.45, 7) is 11.5. The number of ether oxygens (including phenoxy) is 2. The van der Waals surface area contributed by atoms with Crippen LogP contribution in [-0.4, -0.2) is 101 Å². The lowest BCUT2D eigenvalue weighted by Gasteiger charge is -2.36. The standard InChI is InChI=1S/C22H39N5O2/c1-7-23-22(24-17-18(2)27-14-12-25(3)13-15-27)26(4)11-10-19-8-9-20(28-5)21(16-19)29-6/h8-9,16,18H,7,10-15,17H2,1-6H3,(H,23,24). The summed E-state index contributed by atoms with van der Waals surface area (Å²) in [6, 6.07) is 6.56. The van der Waals surface area contributed by atoms with Crippen molar-refractivity contribution >= 4 is 5.96 Å². The molecule has 1 heterocycles. The van der Waals surface area contributed by atoms with Crippen LogP contribution in [0.1, 0.15) is 19.4 Å². The number of guanidine groups is 1. The molecule has 1 aliphatic rings. The highest BCUT2D eigenvalue weighted by atomic mass is 16.5. The number of piperazine rings is 1. The van der Waals surface area contributed by atoms with Gasteiger partial charge in [0.25, 0.3) is 0 Å². The minimum absolute atomic E-state index is 0.455. The number of methoxy groups -OCH3 is 2. The van der Waals surface area contributed by atoms with Gasteiger partial charge in [-0.25, -0.2) is 0 Å². The molecule has 0 aliphatic carbocycles. The lowest BCUT2D eigenvalue weighted by atomic mass is 10.1. The summed E-state index contributed by atoms with van der Waals surface area (Å²) in [6.07, 6.45) is 0.912. The van der Waals surface area contributed by atoms with Gasteiger partial charge in [-0.05, 0) is 45.0 Å². The molecular weight excluding hydrogens is 366 g/mol. The first-order chi connectivity index (χ1) is 14.0. The Hall–Kier alpha value is -1.99. The van der Waals surface area contributed by atoms with Crippen LogP contribution in [-0.2, 0) is 6.42 Å². The first-order valence-corrected chi connectivity index (χ1v) is 10.6. The molecule has 0 aromatic heterocycles. The van der Waals surface area contributed by atoms with Gasteiger partial charge in [0, 0.05) is 52.4 Å². The van der Waals surface area contributed by atoms with Crippen LogP contribution in [0.3, 0.4) is 0 Å². The zero-order chi connectivity index (χ0) is 21.2. The number of aliphatic imine (C=N–C) groups is 1. The number of rotatable bonds is 9. The van der Waals surface area contributed by atoms with Gasteiger partial charge in [-0.15, -0.1) is 0 Å². The molecule has 1 unspecified atom stereocenters. The lowest BCUT2D eigenvalue weighted by Crippen LogP contribution is -2.49. The normalized spacial score (nSPS) is 17.1. The van der Waals surface area contributed by atoms with E-state index < -0.39 is 0 Å². The summed E-state index contributed by atoms with van der Waals surface area (Å²) in [4.78, 5) is 12.0. The third-order valence-corrected chi connectivity index (χ3v) is 5.55. The van der Waals surface area contributed by atoms with E-state index in [1.54, 1.807) is 14.2 Å². The minimum Gasteiger partial charge on any atom is -0.493 e. The van der Waals surface area contributed by atoms with Crippen molar-refractivity contribution in [3.05, 3.63) is 23.8 Å². The molecule has 164 valence electrons. The van der Waals surface area contributed by atoms with E-state index in [2.05, 4.69) is 54.0 Å². The Morgan fingerprint density at radius 3 is 2.48 bits per heavy atom. The second kappa shape index (κ2) is 11.9. The monoisotopic (exact) mass is 405 g/mol. The van der Waals surface area contributed by atoms with Crippen LogP contribution < -0.4 is 14.8 Å². The molecule has 0 spiro atoms. The molecule has 0 saturated carbocycles. The third-order valence-electron chi connectivity index (χ3n) is 5.55. The van der Waals surface area contributed by atoms with E-state index in [9.17, 15) is 0 Å². The maximum atomic E-state index is 5.42. The molecule has 1 N–H and O–H groups in total. The maximum Gasteiger partial charge on any atom is 0.193 e. The predicted octanol–water partition coefficient (Wildman–Crippen LogP) is 1.78. The van der Waals surface area contributed by atoms with Gasteiger partial charge in [-0.2, -0.15) is 0 Å². The van der Waals surface area contributed by atoms with Crippen LogP contribution in [0.4, 0.5) is 0 Å². The zero-order valence-electron chi connectivity index (χ0n) is 19.1. The van der Waals surface area contributed by atoms with Crippen molar-refractivity contribution < 1.29 is 9.47 Å². The van der Waals surface area contributed by atoms with E-state index in [1.807, 2.05) is 12.1 Å². The van der Waals surface area contributed by atoms with Gasteiger partial charge in [0.1, 0.15) is 0 Å². The fourth-order valence-corrected chi connectivity index (χ4v) is 3.51. The van der Waals surface area contributed by atoms with Crippen molar-refractivity contribution in [2.45, 2.75) is 26.3 Å². The number of hydrogen-bond acceptors (Lipinski definition) is 5. The summed E-state index contributed by atoms with van der Waals surface area (Å²) >= 11 is 0. The number of nitrogens with one attached hydrogen (secondary N) is 1. The zero-order valence-corrected chi connectivity index (χ0v) is 19.1. The van der Waals surface area contributed by atoms with Crippen LogP contribution in [0.25, 0.3) is 0 Å². The Morgan fingerprint density at radius 1 is 1.17 bits per heavy atom. The van der Waals surface area contributed by atoms with Crippen molar-refractivity contribution in [2.75, 3.05) is 74.1 Å². The Morgan fingerprint density at radius 2 is 1.86 bits per heavy atom. The summed E-state index contributed by atoms with van der Waals surface area (Å²) in [5.41, 5.74) is 1.22. The summed E-state index contributed by atoms with van der Waals surface area (Å²) in [5.74, 6) is 2.50. The molecule has 1 aromatic carbocycles. The highest BCUT2D eigenvalue weighted by Gasteiger charge is 2.19. The van der Waals surface area contributed by atoms with Crippen LogP contribution in [0.2, 0.25) is 0 Å². The number of likely N-dealkylation sites (N-methyl/N-ethyl adjacent to an activating group) is 2. The van der Waals surface area contributed by atoms with Gasteiger partial charge in [-0.3, -0.25) is 9.89 Å². The van der Waals surface area contributed by atoms with Gasteiger partial charge in [0.2, 0.25) is 0 Å². The van der Waals surface area contributed by atoms with Gasteiger partial charge in [0.05, 0.1) is 20.8 Å². The SMILES string of the molecule is CCNC(=NCC(C)N1CCN(C)CC1)N(C)CCc1ccc(OC)c(OC)c1. The summed E-state index contributed by atoms with van der Waals surface area (Å²) in [7, 11) is 7.62. The van der Waals surface area contributed by atoms with E-state index >= 15 is 0 Å². The van der Waals surface area contributed by atoms with Crippen molar-refractivity contribution in [3.8, 4) is 11.5 Å². The number of hydrogen-bond donors (Lipinski definition) is 1. The molecule has 1 fully saturated rings. The fourth-order valence-electron chi connectivity index (χ4n) is 3.51. The molecule has 0 bridgehead atoms. The van der Waals surface area contributed by atoms with Gasteiger partial charge >= 0.3 is 0 Å². The molecule has 2 rings (SSSR count). The fraction of sp³-hybridized carbons (Fsp3) is 0.682. The smallest absolute Gasteiger partial charge is 0.193 e. The maximum absolute atomic E-state index is 5.42. The molecular formula is C22H39N5O2. The first-order valence-electron chi connectivity index (χ1n) is 10.6. The van der Waals surface area contributed by atoms with E-state index in [1.165, 1.54) is 5.56 Å². The Bertz CT molecular complexity index is 644. The van der Waals surface area contributed by atoms with Crippen molar-refractivity contribution in [3.63, 3.8) is 0 Å². The minimum atomic E-state index is 0.455. The number of nitrogens with zero attached hydrogens (tertiary/aromatic N) is 4. The van der Waals surface area contributed by atoms with Crippen LogP contribution in [0.15, 0.2) is 23.2 Å². The first kappa shape index (κ1) is 23.3. The molecule has 1 atom stereocenters. The molecule has 29 heavy (non-hydrogen) atoms. The van der Waals surface area contributed by atoms with E-state index in [0.717, 1.165) is 69.7 Å². The second-order valence-electron chi connectivity index (χ2n) is 7.74. The van der Waals surface area contributed by atoms with Crippen LogP contribution >= 0.6 is 0 Å². The van der Waals surface area contributed by atoms with Gasteiger partial charge in [-0.1, -0.05) is 6.07 Å². The Labute approximate surface area is 176 Å². The topological polar surface area (TPSA) is 52.6 Å². The Balaban J connectivity index is 1.92. The molecule has 1 aromatic rings. The Kier molecular flexibility index (Phi) is 9.54. The van der Waals surface area contributed by atoms with E-state index in [0.29, 0.717) is 6.04 Å².